The second-order valence-electron chi connectivity index (χ2n) is 6.09. The molecule has 0 unspecified atom stereocenters. The van der Waals surface area contributed by atoms with Crippen molar-refractivity contribution >= 4 is 17.6 Å². The Hall–Kier alpha value is -2.04. The van der Waals surface area contributed by atoms with Gasteiger partial charge in [-0.15, -0.1) is 0 Å². The van der Waals surface area contributed by atoms with Crippen molar-refractivity contribution in [3.8, 4) is 0 Å². The first kappa shape index (κ1) is 16.3. The van der Waals surface area contributed by atoms with Gasteiger partial charge in [-0.2, -0.15) is 0 Å². The Bertz CT molecular complexity index is 549. The molecular formula is C17H25N3O2. The molecule has 1 aliphatic rings. The van der Waals surface area contributed by atoms with Gasteiger partial charge in [0.15, 0.2) is 0 Å². The third-order valence-corrected chi connectivity index (χ3v) is 4.02. The van der Waals surface area contributed by atoms with Crippen molar-refractivity contribution in [3.63, 3.8) is 0 Å². The maximum atomic E-state index is 12.1. The number of para-hydroxylation sites is 1. The van der Waals surface area contributed by atoms with Gasteiger partial charge in [0.2, 0.25) is 5.91 Å². The molecule has 2 rings (SSSR count). The fourth-order valence-electron chi connectivity index (χ4n) is 2.73. The first-order chi connectivity index (χ1) is 10.5. The van der Waals surface area contributed by atoms with Crippen LogP contribution in [0.3, 0.4) is 0 Å². The van der Waals surface area contributed by atoms with Gasteiger partial charge in [0, 0.05) is 18.8 Å². The molecule has 3 amide bonds. The van der Waals surface area contributed by atoms with E-state index < -0.39 is 0 Å². The molecule has 0 aliphatic carbocycles. The van der Waals surface area contributed by atoms with E-state index in [1.807, 2.05) is 25.1 Å². The first-order valence-electron chi connectivity index (χ1n) is 7.91. The number of carbonyl (C=O) groups excluding carboxylic acids is 2. The maximum absolute atomic E-state index is 12.1. The zero-order chi connectivity index (χ0) is 16.1. The summed E-state index contributed by atoms with van der Waals surface area (Å²) >= 11 is 0. The minimum absolute atomic E-state index is 0.0125. The number of anilines is 1. The Morgan fingerprint density at radius 3 is 2.55 bits per heavy atom. The van der Waals surface area contributed by atoms with Crippen LogP contribution in [0.15, 0.2) is 18.2 Å². The number of hydrogen-bond acceptors (Lipinski definition) is 2. The molecule has 1 aromatic carbocycles. The molecule has 0 radical (unpaired) electrons. The summed E-state index contributed by atoms with van der Waals surface area (Å²) in [6.45, 7) is 7.81. The molecule has 0 saturated carbocycles. The van der Waals surface area contributed by atoms with Gasteiger partial charge in [-0.3, -0.25) is 4.79 Å². The molecular weight excluding hydrogens is 278 g/mol. The molecule has 120 valence electrons. The zero-order valence-electron chi connectivity index (χ0n) is 13.6. The fourth-order valence-corrected chi connectivity index (χ4v) is 2.73. The summed E-state index contributed by atoms with van der Waals surface area (Å²) in [4.78, 5) is 25.8. The lowest BCUT2D eigenvalue weighted by molar-refractivity contribution is -0.128. The van der Waals surface area contributed by atoms with Crippen LogP contribution in [-0.4, -0.2) is 36.5 Å². The van der Waals surface area contributed by atoms with Crippen molar-refractivity contribution in [2.75, 3.05) is 25.0 Å². The standard InChI is InChI=1S/C17H25N3O2/c1-12(2)14-8-6-7-13(3)16(14)19-17(22)18-11-15(21)20-9-4-5-10-20/h6-8,12H,4-5,9-11H2,1-3H3,(H2,18,19,22). The van der Waals surface area contributed by atoms with Crippen molar-refractivity contribution in [3.05, 3.63) is 29.3 Å². The Morgan fingerprint density at radius 2 is 1.91 bits per heavy atom. The highest BCUT2D eigenvalue weighted by Gasteiger charge is 2.18. The van der Waals surface area contributed by atoms with Crippen molar-refractivity contribution in [1.82, 2.24) is 10.2 Å². The van der Waals surface area contributed by atoms with Gasteiger partial charge in [0.05, 0.1) is 6.54 Å². The Labute approximate surface area is 132 Å². The van der Waals surface area contributed by atoms with E-state index >= 15 is 0 Å². The van der Waals surface area contributed by atoms with E-state index in [2.05, 4.69) is 24.5 Å². The number of carbonyl (C=O) groups is 2. The minimum atomic E-state index is -0.330. The van der Waals surface area contributed by atoms with Crippen LogP contribution in [0.4, 0.5) is 10.5 Å². The average Bonchev–Trinajstić information content (AvgIpc) is 3.01. The Balaban J connectivity index is 1.93. The van der Waals surface area contributed by atoms with E-state index in [4.69, 9.17) is 0 Å². The molecule has 1 heterocycles. The first-order valence-corrected chi connectivity index (χ1v) is 7.91. The van der Waals surface area contributed by atoms with Crippen LogP contribution in [0, 0.1) is 6.92 Å². The lowest BCUT2D eigenvalue weighted by Crippen LogP contribution is -2.40. The Kier molecular flexibility index (Phi) is 5.41. The van der Waals surface area contributed by atoms with Crippen LogP contribution in [0.2, 0.25) is 0 Å². The fraction of sp³-hybridized carbons (Fsp3) is 0.529. The number of nitrogens with one attached hydrogen (secondary N) is 2. The van der Waals surface area contributed by atoms with E-state index in [1.165, 1.54) is 0 Å². The zero-order valence-corrected chi connectivity index (χ0v) is 13.6. The molecule has 1 aromatic rings. The summed E-state index contributed by atoms with van der Waals surface area (Å²) in [6, 6.07) is 5.65. The highest BCUT2D eigenvalue weighted by molar-refractivity contribution is 5.93. The number of urea groups is 1. The number of likely N-dealkylation sites (tertiary alicyclic amines) is 1. The number of amides is 3. The van der Waals surface area contributed by atoms with E-state index in [-0.39, 0.29) is 18.5 Å². The second kappa shape index (κ2) is 7.29. The van der Waals surface area contributed by atoms with Crippen molar-refractivity contribution < 1.29 is 9.59 Å². The number of aryl methyl sites for hydroxylation is 1. The van der Waals surface area contributed by atoms with Crippen LogP contribution < -0.4 is 10.6 Å². The normalized spacial score (nSPS) is 14.3. The number of nitrogens with zero attached hydrogens (tertiary/aromatic N) is 1. The van der Waals surface area contributed by atoms with Gasteiger partial charge >= 0.3 is 6.03 Å². The molecule has 5 nitrogen and oxygen atoms in total. The molecule has 1 fully saturated rings. The lowest BCUT2D eigenvalue weighted by Gasteiger charge is -2.18. The molecule has 0 bridgehead atoms. The SMILES string of the molecule is Cc1cccc(C(C)C)c1NC(=O)NCC(=O)N1CCCC1. The average molecular weight is 303 g/mol. The maximum Gasteiger partial charge on any atom is 0.319 e. The smallest absolute Gasteiger partial charge is 0.319 e. The van der Waals surface area contributed by atoms with Gasteiger partial charge < -0.3 is 15.5 Å². The number of benzene rings is 1. The summed E-state index contributed by atoms with van der Waals surface area (Å²) in [5.41, 5.74) is 2.96. The molecule has 5 heteroatoms. The topological polar surface area (TPSA) is 61.4 Å². The monoisotopic (exact) mass is 303 g/mol. The third kappa shape index (κ3) is 4.00. The molecule has 0 spiro atoms. The molecule has 1 aliphatic heterocycles. The van der Waals surface area contributed by atoms with Crippen LogP contribution in [0.5, 0.6) is 0 Å². The summed E-state index contributed by atoms with van der Waals surface area (Å²) in [6.07, 6.45) is 2.11. The van der Waals surface area contributed by atoms with Gasteiger partial charge in [0.25, 0.3) is 0 Å². The van der Waals surface area contributed by atoms with Crippen LogP contribution in [-0.2, 0) is 4.79 Å². The summed E-state index contributed by atoms with van der Waals surface area (Å²) < 4.78 is 0. The molecule has 0 atom stereocenters. The highest BCUT2D eigenvalue weighted by Crippen LogP contribution is 2.27. The lowest BCUT2D eigenvalue weighted by atomic mass is 9.98. The van der Waals surface area contributed by atoms with Crippen molar-refractivity contribution in [2.45, 2.75) is 39.5 Å². The van der Waals surface area contributed by atoms with Gasteiger partial charge in [-0.05, 0) is 36.8 Å². The summed E-state index contributed by atoms with van der Waals surface area (Å²) in [7, 11) is 0. The van der Waals surface area contributed by atoms with Crippen molar-refractivity contribution in [2.24, 2.45) is 0 Å². The van der Waals surface area contributed by atoms with Crippen molar-refractivity contribution in [1.29, 1.82) is 0 Å². The van der Waals surface area contributed by atoms with E-state index in [9.17, 15) is 9.59 Å². The van der Waals surface area contributed by atoms with Gasteiger partial charge in [-0.1, -0.05) is 32.0 Å². The summed E-state index contributed by atoms with van der Waals surface area (Å²) in [5.74, 6) is 0.308. The predicted octanol–water partition coefficient (Wildman–Crippen LogP) is 2.86. The molecule has 1 saturated heterocycles. The third-order valence-electron chi connectivity index (χ3n) is 4.02. The molecule has 0 aromatic heterocycles. The van der Waals surface area contributed by atoms with E-state index in [0.717, 1.165) is 42.7 Å². The van der Waals surface area contributed by atoms with Crippen LogP contribution >= 0.6 is 0 Å². The molecule has 2 N–H and O–H groups in total. The highest BCUT2D eigenvalue weighted by atomic mass is 16.2. The quantitative estimate of drug-likeness (QED) is 0.898. The van der Waals surface area contributed by atoms with E-state index in [1.54, 1.807) is 4.90 Å². The van der Waals surface area contributed by atoms with Gasteiger partial charge in [0.1, 0.15) is 0 Å². The van der Waals surface area contributed by atoms with Crippen LogP contribution in [0.25, 0.3) is 0 Å². The predicted molar refractivity (Wildman–Crippen MR) is 88.1 cm³/mol. The van der Waals surface area contributed by atoms with Crippen LogP contribution in [0.1, 0.15) is 43.7 Å². The largest absolute Gasteiger partial charge is 0.341 e. The van der Waals surface area contributed by atoms with Gasteiger partial charge in [-0.25, -0.2) is 4.79 Å². The summed E-state index contributed by atoms with van der Waals surface area (Å²) in [5, 5.41) is 5.55. The molecule has 22 heavy (non-hydrogen) atoms. The number of rotatable bonds is 4. The van der Waals surface area contributed by atoms with E-state index in [0.29, 0.717) is 5.92 Å². The minimum Gasteiger partial charge on any atom is -0.341 e. The number of hydrogen-bond donors (Lipinski definition) is 2. The second-order valence-corrected chi connectivity index (χ2v) is 6.09. The Morgan fingerprint density at radius 1 is 1.23 bits per heavy atom.